The van der Waals surface area contributed by atoms with Crippen LogP contribution in [0.4, 0.5) is 0 Å². The van der Waals surface area contributed by atoms with E-state index in [1.165, 1.54) is 6.08 Å². The SMILES string of the molecule is C=CCOc1ccc(/C=C/C(=O)NCc2ccccc2OCC)cc1OC. The van der Waals surface area contributed by atoms with Gasteiger partial charge in [0.25, 0.3) is 0 Å². The van der Waals surface area contributed by atoms with Crippen LogP contribution in [-0.4, -0.2) is 26.2 Å². The lowest BCUT2D eigenvalue weighted by atomic mass is 10.1. The van der Waals surface area contributed by atoms with Gasteiger partial charge in [0.05, 0.1) is 13.7 Å². The molecule has 0 heterocycles. The van der Waals surface area contributed by atoms with Gasteiger partial charge in [0.1, 0.15) is 12.4 Å². The number of nitrogens with one attached hydrogen (secondary N) is 1. The van der Waals surface area contributed by atoms with Crippen molar-refractivity contribution in [3.8, 4) is 17.2 Å². The van der Waals surface area contributed by atoms with Gasteiger partial charge in [-0.25, -0.2) is 0 Å². The number of hydrogen-bond donors (Lipinski definition) is 1. The van der Waals surface area contributed by atoms with Gasteiger partial charge >= 0.3 is 0 Å². The van der Waals surface area contributed by atoms with Crippen LogP contribution in [0.3, 0.4) is 0 Å². The fourth-order valence-electron chi connectivity index (χ4n) is 2.42. The summed E-state index contributed by atoms with van der Waals surface area (Å²) in [6.07, 6.45) is 4.88. The third-order valence-electron chi connectivity index (χ3n) is 3.70. The van der Waals surface area contributed by atoms with Crippen LogP contribution in [0.15, 0.2) is 61.2 Å². The van der Waals surface area contributed by atoms with Crippen molar-refractivity contribution in [3.05, 3.63) is 72.3 Å². The third-order valence-corrected chi connectivity index (χ3v) is 3.70. The summed E-state index contributed by atoms with van der Waals surface area (Å²) >= 11 is 0. The minimum absolute atomic E-state index is 0.188. The summed E-state index contributed by atoms with van der Waals surface area (Å²) in [7, 11) is 1.58. The summed E-state index contributed by atoms with van der Waals surface area (Å²) in [6, 6.07) is 13.1. The lowest BCUT2D eigenvalue weighted by molar-refractivity contribution is -0.116. The maximum Gasteiger partial charge on any atom is 0.244 e. The van der Waals surface area contributed by atoms with Crippen molar-refractivity contribution < 1.29 is 19.0 Å². The van der Waals surface area contributed by atoms with Crippen LogP contribution in [0.5, 0.6) is 17.2 Å². The molecule has 0 aromatic heterocycles. The molecule has 27 heavy (non-hydrogen) atoms. The van der Waals surface area contributed by atoms with Crippen molar-refractivity contribution in [2.45, 2.75) is 13.5 Å². The Morgan fingerprint density at radius 2 is 1.93 bits per heavy atom. The Bertz CT molecular complexity index is 799. The molecule has 0 fully saturated rings. The number of carbonyl (C=O) groups excluding carboxylic acids is 1. The lowest BCUT2D eigenvalue weighted by Gasteiger charge is -2.10. The monoisotopic (exact) mass is 367 g/mol. The fraction of sp³-hybridized carbons (Fsp3) is 0.227. The molecule has 0 aliphatic rings. The van der Waals surface area contributed by atoms with Gasteiger partial charge in [-0.1, -0.05) is 36.9 Å². The quantitative estimate of drug-likeness (QED) is 0.510. The normalized spacial score (nSPS) is 10.4. The van der Waals surface area contributed by atoms with Gasteiger partial charge in [-0.2, -0.15) is 0 Å². The van der Waals surface area contributed by atoms with Crippen molar-refractivity contribution in [2.75, 3.05) is 20.3 Å². The molecule has 142 valence electrons. The molecule has 1 N–H and O–H groups in total. The fourth-order valence-corrected chi connectivity index (χ4v) is 2.42. The average molecular weight is 367 g/mol. The van der Waals surface area contributed by atoms with E-state index in [1.807, 2.05) is 43.3 Å². The first-order valence-corrected chi connectivity index (χ1v) is 8.76. The number of benzene rings is 2. The molecular weight excluding hydrogens is 342 g/mol. The molecule has 1 amide bonds. The Labute approximate surface area is 160 Å². The van der Waals surface area contributed by atoms with Crippen LogP contribution in [0.2, 0.25) is 0 Å². The molecule has 0 aliphatic heterocycles. The minimum Gasteiger partial charge on any atom is -0.494 e. The molecule has 5 heteroatoms. The topological polar surface area (TPSA) is 56.8 Å². The maximum absolute atomic E-state index is 12.1. The summed E-state index contributed by atoms with van der Waals surface area (Å²) in [5.41, 5.74) is 1.77. The van der Waals surface area contributed by atoms with E-state index in [4.69, 9.17) is 14.2 Å². The molecule has 5 nitrogen and oxygen atoms in total. The second-order valence-corrected chi connectivity index (χ2v) is 5.60. The van der Waals surface area contributed by atoms with Gasteiger partial charge < -0.3 is 19.5 Å². The van der Waals surface area contributed by atoms with Crippen molar-refractivity contribution in [2.24, 2.45) is 0 Å². The van der Waals surface area contributed by atoms with E-state index < -0.39 is 0 Å². The van der Waals surface area contributed by atoms with Crippen LogP contribution in [0, 0.1) is 0 Å². The Balaban J connectivity index is 1.97. The highest BCUT2D eigenvalue weighted by molar-refractivity contribution is 5.91. The van der Waals surface area contributed by atoms with Crippen LogP contribution in [-0.2, 0) is 11.3 Å². The molecule has 0 aliphatic carbocycles. The Kier molecular flexibility index (Phi) is 7.97. The third kappa shape index (κ3) is 6.22. The molecular formula is C22H25NO4. The zero-order valence-electron chi connectivity index (χ0n) is 15.7. The van der Waals surface area contributed by atoms with E-state index >= 15 is 0 Å². The predicted octanol–water partition coefficient (Wildman–Crippen LogP) is 3.99. The van der Waals surface area contributed by atoms with Crippen molar-refractivity contribution in [3.63, 3.8) is 0 Å². The number of carbonyl (C=O) groups is 1. The average Bonchev–Trinajstić information content (AvgIpc) is 2.70. The number of amides is 1. The smallest absolute Gasteiger partial charge is 0.244 e. The van der Waals surface area contributed by atoms with E-state index in [0.29, 0.717) is 31.3 Å². The molecule has 0 saturated heterocycles. The minimum atomic E-state index is -0.188. The van der Waals surface area contributed by atoms with Crippen molar-refractivity contribution >= 4 is 12.0 Å². The predicted molar refractivity (Wildman–Crippen MR) is 107 cm³/mol. The molecule has 0 atom stereocenters. The highest BCUT2D eigenvalue weighted by Crippen LogP contribution is 2.28. The number of methoxy groups -OCH3 is 1. The van der Waals surface area contributed by atoms with Crippen LogP contribution in [0.25, 0.3) is 6.08 Å². The molecule has 2 aromatic rings. The second kappa shape index (κ2) is 10.7. The number of para-hydroxylation sites is 1. The molecule has 0 unspecified atom stereocenters. The zero-order valence-corrected chi connectivity index (χ0v) is 15.7. The van der Waals surface area contributed by atoms with Gasteiger partial charge in [0.2, 0.25) is 5.91 Å². The van der Waals surface area contributed by atoms with E-state index in [-0.39, 0.29) is 5.91 Å². The maximum atomic E-state index is 12.1. The molecule has 2 aromatic carbocycles. The number of ether oxygens (including phenoxy) is 3. The van der Waals surface area contributed by atoms with E-state index in [9.17, 15) is 4.79 Å². The second-order valence-electron chi connectivity index (χ2n) is 5.60. The van der Waals surface area contributed by atoms with Crippen molar-refractivity contribution in [1.29, 1.82) is 0 Å². The van der Waals surface area contributed by atoms with Crippen LogP contribution in [0.1, 0.15) is 18.1 Å². The Hall–Kier alpha value is -3.21. The Morgan fingerprint density at radius 1 is 1.11 bits per heavy atom. The summed E-state index contributed by atoms with van der Waals surface area (Å²) in [4.78, 5) is 12.1. The van der Waals surface area contributed by atoms with Gasteiger partial charge in [-0.05, 0) is 36.8 Å². The van der Waals surface area contributed by atoms with Gasteiger partial charge in [-0.15, -0.1) is 0 Å². The standard InChI is InChI=1S/C22H25NO4/c1-4-14-27-20-12-10-17(15-21(20)25-3)11-13-22(24)23-16-18-8-6-7-9-19(18)26-5-2/h4,6-13,15H,1,5,14,16H2,2-3H3,(H,23,24)/b13-11+. The highest BCUT2D eigenvalue weighted by Gasteiger charge is 2.06. The van der Waals surface area contributed by atoms with Crippen LogP contribution >= 0.6 is 0 Å². The first-order chi connectivity index (χ1) is 13.2. The summed E-state index contributed by atoms with van der Waals surface area (Å²) in [5, 5.41) is 2.86. The summed E-state index contributed by atoms with van der Waals surface area (Å²) in [5.74, 6) is 1.83. The molecule has 2 rings (SSSR count). The largest absolute Gasteiger partial charge is 0.494 e. The van der Waals surface area contributed by atoms with E-state index in [2.05, 4.69) is 11.9 Å². The Morgan fingerprint density at radius 3 is 2.67 bits per heavy atom. The highest BCUT2D eigenvalue weighted by atomic mass is 16.5. The van der Waals surface area contributed by atoms with E-state index in [1.54, 1.807) is 25.3 Å². The first kappa shape index (κ1) is 20.1. The summed E-state index contributed by atoms with van der Waals surface area (Å²) < 4.78 is 16.4. The van der Waals surface area contributed by atoms with Gasteiger partial charge in [0.15, 0.2) is 11.5 Å². The van der Waals surface area contributed by atoms with Crippen LogP contribution < -0.4 is 19.5 Å². The molecule has 0 spiro atoms. The van der Waals surface area contributed by atoms with Crippen molar-refractivity contribution in [1.82, 2.24) is 5.32 Å². The molecule has 0 radical (unpaired) electrons. The summed E-state index contributed by atoms with van der Waals surface area (Å²) in [6.45, 7) is 6.94. The zero-order chi connectivity index (χ0) is 19.5. The first-order valence-electron chi connectivity index (χ1n) is 8.76. The molecule has 0 saturated carbocycles. The molecule has 0 bridgehead atoms. The van der Waals surface area contributed by atoms with E-state index in [0.717, 1.165) is 16.9 Å². The van der Waals surface area contributed by atoms with Gasteiger partial charge in [0, 0.05) is 18.2 Å². The lowest BCUT2D eigenvalue weighted by Crippen LogP contribution is -2.20. The number of hydrogen-bond acceptors (Lipinski definition) is 4. The number of rotatable bonds is 10. The van der Waals surface area contributed by atoms with Gasteiger partial charge in [-0.3, -0.25) is 4.79 Å².